The monoisotopic (exact) mass is 352 g/mol. The van der Waals surface area contributed by atoms with Crippen LogP contribution >= 0.6 is 15.9 Å². The Morgan fingerprint density at radius 2 is 1.90 bits per heavy atom. The van der Waals surface area contributed by atoms with Crippen molar-refractivity contribution in [3.05, 3.63) is 28.2 Å². The first kappa shape index (κ1) is 16.8. The van der Waals surface area contributed by atoms with Crippen LogP contribution in [-0.4, -0.2) is 18.1 Å². The smallest absolute Gasteiger partial charge is 0.0425 e. The number of halogens is 1. The number of nitrogens with one attached hydrogen (secondary N) is 1. The molecule has 0 aromatic heterocycles. The molecule has 0 spiro atoms. The van der Waals surface area contributed by atoms with Gasteiger partial charge in [-0.15, -0.1) is 0 Å². The second-order valence-corrected chi connectivity index (χ2v) is 8.02. The third-order valence-electron chi connectivity index (χ3n) is 4.27. The second-order valence-electron chi connectivity index (χ2n) is 7.10. The molecular formula is C18H29BrN2. The Labute approximate surface area is 138 Å². The Morgan fingerprint density at radius 1 is 1.24 bits per heavy atom. The maximum atomic E-state index is 3.65. The largest absolute Gasteiger partial charge is 0.369 e. The highest BCUT2D eigenvalue weighted by molar-refractivity contribution is 9.10. The second kappa shape index (κ2) is 7.15. The fourth-order valence-electron chi connectivity index (χ4n) is 3.16. The molecule has 3 heteroatoms. The van der Waals surface area contributed by atoms with Crippen LogP contribution < -0.4 is 10.2 Å². The van der Waals surface area contributed by atoms with Crippen LogP contribution in [0.3, 0.4) is 0 Å². The first-order valence-electron chi connectivity index (χ1n) is 8.21. The fourth-order valence-corrected chi connectivity index (χ4v) is 3.50. The van der Waals surface area contributed by atoms with Crippen LogP contribution in [0, 0.1) is 0 Å². The molecule has 1 aliphatic rings. The van der Waals surface area contributed by atoms with Crippen LogP contribution in [-0.2, 0) is 6.54 Å². The van der Waals surface area contributed by atoms with E-state index in [0.717, 1.165) is 19.1 Å². The molecule has 0 bridgehead atoms. The van der Waals surface area contributed by atoms with Crippen molar-refractivity contribution >= 4 is 21.6 Å². The predicted octanol–water partition coefficient (Wildman–Crippen LogP) is 5.11. The van der Waals surface area contributed by atoms with Gasteiger partial charge in [-0.05, 0) is 58.2 Å². The molecular weight excluding hydrogens is 324 g/mol. The topological polar surface area (TPSA) is 15.3 Å². The Balaban J connectivity index is 2.24. The van der Waals surface area contributed by atoms with E-state index >= 15 is 0 Å². The zero-order valence-corrected chi connectivity index (χ0v) is 15.5. The fraction of sp³-hybridized carbons (Fsp3) is 0.667. The van der Waals surface area contributed by atoms with Gasteiger partial charge in [-0.1, -0.05) is 34.8 Å². The summed E-state index contributed by atoms with van der Waals surface area (Å²) >= 11 is 3.65. The summed E-state index contributed by atoms with van der Waals surface area (Å²) < 4.78 is 1.17. The summed E-state index contributed by atoms with van der Waals surface area (Å²) in [7, 11) is 0. The molecule has 21 heavy (non-hydrogen) atoms. The SMILES string of the molecule is CCN(c1cc(Br)ccc1CNC(C)(C)C)C1CCCC1. The van der Waals surface area contributed by atoms with Gasteiger partial charge in [-0.25, -0.2) is 0 Å². The summed E-state index contributed by atoms with van der Waals surface area (Å²) in [6.07, 6.45) is 5.44. The molecule has 1 aromatic carbocycles. The normalized spacial score (nSPS) is 16.4. The minimum Gasteiger partial charge on any atom is -0.369 e. The van der Waals surface area contributed by atoms with Gasteiger partial charge in [0.25, 0.3) is 0 Å². The van der Waals surface area contributed by atoms with E-state index < -0.39 is 0 Å². The molecule has 1 saturated carbocycles. The van der Waals surface area contributed by atoms with Crippen molar-refractivity contribution in [3.8, 4) is 0 Å². The minimum atomic E-state index is 0.148. The Kier molecular flexibility index (Phi) is 5.73. The van der Waals surface area contributed by atoms with Gasteiger partial charge < -0.3 is 10.2 Å². The molecule has 2 nitrogen and oxygen atoms in total. The molecule has 1 N–H and O–H groups in total. The van der Waals surface area contributed by atoms with Crippen molar-refractivity contribution in [3.63, 3.8) is 0 Å². The molecule has 0 atom stereocenters. The number of hydrogen-bond acceptors (Lipinski definition) is 2. The Bertz CT molecular complexity index is 459. The lowest BCUT2D eigenvalue weighted by Crippen LogP contribution is -2.37. The highest BCUT2D eigenvalue weighted by atomic mass is 79.9. The van der Waals surface area contributed by atoms with Gasteiger partial charge in [0.05, 0.1) is 0 Å². The quantitative estimate of drug-likeness (QED) is 0.792. The highest BCUT2D eigenvalue weighted by Crippen LogP contribution is 2.32. The van der Waals surface area contributed by atoms with E-state index in [0.29, 0.717) is 0 Å². The Hall–Kier alpha value is -0.540. The summed E-state index contributed by atoms with van der Waals surface area (Å²) in [5.74, 6) is 0. The third-order valence-corrected chi connectivity index (χ3v) is 4.77. The molecule has 118 valence electrons. The van der Waals surface area contributed by atoms with Crippen LogP contribution in [0.4, 0.5) is 5.69 Å². The number of benzene rings is 1. The van der Waals surface area contributed by atoms with Crippen molar-refractivity contribution in [2.75, 3.05) is 11.4 Å². The molecule has 0 unspecified atom stereocenters. The van der Waals surface area contributed by atoms with Crippen LogP contribution in [0.5, 0.6) is 0 Å². The van der Waals surface area contributed by atoms with Gasteiger partial charge >= 0.3 is 0 Å². The number of anilines is 1. The van der Waals surface area contributed by atoms with E-state index in [1.807, 2.05) is 0 Å². The van der Waals surface area contributed by atoms with Crippen molar-refractivity contribution in [2.24, 2.45) is 0 Å². The summed E-state index contributed by atoms with van der Waals surface area (Å²) in [5, 5.41) is 3.63. The van der Waals surface area contributed by atoms with E-state index in [4.69, 9.17) is 0 Å². The van der Waals surface area contributed by atoms with Gasteiger partial charge in [-0.3, -0.25) is 0 Å². The molecule has 0 radical (unpaired) electrons. The average molecular weight is 353 g/mol. The van der Waals surface area contributed by atoms with Crippen LogP contribution in [0.2, 0.25) is 0 Å². The van der Waals surface area contributed by atoms with Gasteiger partial charge in [0.1, 0.15) is 0 Å². The van der Waals surface area contributed by atoms with Crippen molar-refractivity contribution in [1.82, 2.24) is 5.32 Å². The Morgan fingerprint density at radius 3 is 2.48 bits per heavy atom. The number of rotatable bonds is 5. The zero-order valence-electron chi connectivity index (χ0n) is 13.9. The number of hydrogen-bond donors (Lipinski definition) is 1. The van der Waals surface area contributed by atoms with Gasteiger partial charge in [-0.2, -0.15) is 0 Å². The zero-order chi connectivity index (χ0) is 15.5. The third kappa shape index (κ3) is 4.72. The standard InChI is InChI=1S/C18H29BrN2/c1-5-21(16-8-6-7-9-16)17-12-15(19)11-10-14(17)13-20-18(2,3)4/h10-12,16,20H,5-9,13H2,1-4H3. The lowest BCUT2D eigenvalue weighted by molar-refractivity contribution is 0.424. The molecule has 1 aromatic rings. The number of nitrogens with zero attached hydrogens (tertiary/aromatic N) is 1. The molecule has 1 aliphatic carbocycles. The van der Waals surface area contributed by atoms with Crippen molar-refractivity contribution < 1.29 is 0 Å². The average Bonchev–Trinajstić information content (AvgIpc) is 2.91. The maximum Gasteiger partial charge on any atom is 0.0425 e. The summed E-state index contributed by atoms with van der Waals surface area (Å²) in [6.45, 7) is 11.0. The first-order valence-corrected chi connectivity index (χ1v) is 9.00. The van der Waals surface area contributed by atoms with Gasteiger partial charge in [0.15, 0.2) is 0 Å². The van der Waals surface area contributed by atoms with Gasteiger partial charge in [0.2, 0.25) is 0 Å². The first-order chi connectivity index (χ1) is 9.90. The molecule has 0 amide bonds. The highest BCUT2D eigenvalue weighted by Gasteiger charge is 2.23. The molecule has 0 heterocycles. The molecule has 0 aliphatic heterocycles. The van der Waals surface area contributed by atoms with Crippen molar-refractivity contribution in [1.29, 1.82) is 0 Å². The van der Waals surface area contributed by atoms with E-state index in [-0.39, 0.29) is 5.54 Å². The van der Waals surface area contributed by atoms with Gasteiger partial charge in [0, 0.05) is 34.8 Å². The predicted molar refractivity (Wildman–Crippen MR) is 96.0 cm³/mol. The van der Waals surface area contributed by atoms with Crippen LogP contribution in [0.1, 0.15) is 58.9 Å². The van der Waals surface area contributed by atoms with Crippen LogP contribution in [0.25, 0.3) is 0 Å². The van der Waals surface area contributed by atoms with E-state index in [9.17, 15) is 0 Å². The summed E-state index contributed by atoms with van der Waals surface area (Å²) in [4.78, 5) is 2.61. The molecule has 1 fully saturated rings. The summed E-state index contributed by atoms with van der Waals surface area (Å²) in [6, 6.07) is 7.43. The van der Waals surface area contributed by atoms with E-state index in [1.54, 1.807) is 0 Å². The van der Waals surface area contributed by atoms with E-state index in [2.05, 4.69) is 72.0 Å². The summed E-state index contributed by atoms with van der Waals surface area (Å²) in [5.41, 5.74) is 2.95. The minimum absolute atomic E-state index is 0.148. The lowest BCUT2D eigenvalue weighted by atomic mass is 10.1. The lowest BCUT2D eigenvalue weighted by Gasteiger charge is -2.33. The molecule has 0 saturated heterocycles. The molecule has 2 rings (SSSR count). The maximum absolute atomic E-state index is 3.65. The van der Waals surface area contributed by atoms with Crippen molar-refractivity contribution in [2.45, 2.75) is 71.5 Å². The van der Waals surface area contributed by atoms with E-state index in [1.165, 1.54) is 41.4 Å². The van der Waals surface area contributed by atoms with Crippen LogP contribution in [0.15, 0.2) is 22.7 Å².